The fraction of sp³-hybridized carbons (Fsp3) is 0.107. The summed E-state index contributed by atoms with van der Waals surface area (Å²) in [5.41, 5.74) is 7.60. The second-order valence-electron chi connectivity index (χ2n) is 8.48. The molecule has 1 heterocycles. The summed E-state index contributed by atoms with van der Waals surface area (Å²) in [6.45, 7) is 4.66. The van der Waals surface area contributed by atoms with Crippen molar-refractivity contribution in [1.82, 2.24) is 4.98 Å². The number of fused-ring (bicyclic) bond motifs is 6. The molecule has 0 fully saturated rings. The molecule has 29 heavy (non-hydrogen) atoms. The molecule has 0 saturated carbocycles. The first-order chi connectivity index (χ1) is 14.1. The highest BCUT2D eigenvalue weighted by molar-refractivity contribution is 6.03. The third-order valence-corrected chi connectivity index (χ3v) is 6.47. The normalized spacial score (nSPS) is 14.1. The second-order valence-corrected chi connectivity index (χ2v) is 8.48. The van der Waals surface area contributed by atoms with Crippen LogP contribution in [0.3, 0.4) is 0 Å². The lowest BCUT2D eigenvalue weighted by molar-refractivity contribution is 0.660. The number of pyridine rings is 1. The van der Waals surface area contributed by atoms with Gasteiger partial charge in [-0.05, 0) is 55.9 Å². The van der Waals surface area contributed by atoms with E-state index in [2.05, 4.69) is 98.8 Å². The number of rotatable bonds is 1. The summed E-state index contributed by atoms with van der Waals surface area (Å²) in [5.74, 6) is 0. The molecule has 0 atom stereocenters. The fourth-order valence-corrected chi connectivity index (χ4v) is 5.08. The Morgan fingerprint density at radius 2 is 1.41 bits per heavy atom. The zero-order valence-corrected chi connectivity index (χ0v) is 16.6. The van der Waals surface area contributed by atoms with Gasteiger partial charge in [-0.2, -0.15) is 0 Å². The van der Waals surface area contributed by atoms with Crippen molar-refractivity contribution < 1.29 is 0 Å². The van der Waals surface area contributed by atoms with Crippen LogP contribution in [-0.4, -0.2) is 4.98 Å². The van der Waals surface area contributed by atoms with Crippen molar-refractivity contribution >= 4 is 21.5 Å². The quantitative estimate of drug-likeness (QED) is 0.300. The van der Waals surface area contributed by atoms with Crippen LogP contribution in [0.5, 0.6) is 0 Å². The van der Waals surface area contributed by atoms with Crippen LogP contribution >= 0.6 is 0 Å². The SMILES string of the molecule is CC1(C)c2ccc3ccccc3c2-c2ccnc(-c3ccc4ccccc4c3)c21. The molecule has 0 spiro atoms. The van der Waals surface area contributed by atoms with E-state index in [4.69, 9.17) is 4.98 Å². The standard InChI is InChI=1S/C28H21N/c1-28(2)24-14-13-19-8-5-6-10-22(19)25(24)23-15-16-29-27(26(23)28)21-12-11-18-7-3-4-9-20(18)17-21/h3-17H,1-2H3. The monoisotopic (exact) mass is 371 g/mol. The molecule has 1 aliphatic rings. The Hall–Kier alpha value is -3.45. The highest BCUT2D eigenvalue weighted by atomic mass is 14.7. The van der Waals surface area contributed by atoms with E-state index in [0.717, 1.165) is 5.69 Å². The number of hydrogen-bond donors (Lipinski definition) is 0. The molecule has 138 valence electrons. The van der Waals surface area contributed by atoms with Gasteiger partial charge in [-0.25, -0.2) is 0 Å². The molecular weight excluding hydrogens is 350 g/mol. The minimum atomic E-state index is -0.0933. The Bertz CT molecular complexity index is 1430. The summed E-state index contributed by atoms with van der Waals surface area (Å²) >= 11 is 0. The summed E-state index contributed by atoms with van der Waals surface area (Å²) in [5, 5.41) is 5.13. The maximum atomic E-state index is 4.89. The van der Waals surface area contributed by atoms with Crippen LogP contribution in [0, 0.1) is 0 Å². The summed E-state index contributed by atoms with van der Waals surface area (Å²) in [4.78, 5) is 4.89. The summed E-state index contributed by atoms with van der Waals surface area (Å²) in [7, 11) is 0. The minimum Gasteiger partial charge on any atom is -0.256 e. The van der Waals surface area contributed by atoms with E-state index in [1.165, 1.54) is 49.4 Å². The van der Waals surface area contributed by atoms with Gasteiger partial charge in [0.2, 0.25) is 0 Å². The van der Waals surface area contributed by atoms with Gasteiger partial charge in [-0.15, -0.1) is 0 Å². The van der Waals surface area contributed by atoms with Crippen LogP contribution in [0.25, 0.3) is 43.9 Å². The Morgan fingerprint density at radius 3 is 2.28 bits per heavy atom. The molecule has 5 aromatic rings. The maximum Gasteiger partial charge on any atom is 0.0749 e. The molecule has 1 aromatic heterocycles. The van der Waals surface area contributed by atoms with E-state index in [-0.39, 0.29) is 5.41 Å². The van der Waals surface area contributed by atoms with E-state index in [1.807, 2.05) is 6.20 Å². The number of benzene rings is 4. The van der Waals surface area contributed by atoms with Crippen molar-refractivity contribution in [1.29, 1.82) is 0 Å². The van der Waals surface area contributed by atoms with Gasteiger partial charge in [0.1, 0.15) is 0 Å². The summed E-state index contributed by atoms with van der Waals surface area (Å²) < 4.78 is 0. The first kappa shape index (κ1) is 16.5. The summed E-state index contributed by atoms with van der Waals surface area (Å²) in [6.07, 6.45) is 1.97. The molecule has 6 rings (SSSR count). The lowest BCUT2D eigenvalue weighted by atomic mass is 9.80. The van der Waals surface area contributed by atoms with Crippen molar-refractivity contribution in [2.75, 3.05) is 0 Å². The van der Waals surface area contributed by atoms with Gasteiger partial charge in [0.05, 0.1) is 5.69 Å². The molecule has 0 N–H and O–H groups in total. The molecule has 0 radical (unpaired) electrons. The molecule has 0 bridgehead atoms. The van der Waals surface area contributed by atoms with E-state index >= 15 is 0 Å². The van der Waals surface area contributed by atoms with Crippen molar-refractivity contribution in [2.45, 2.75) is 19.3 Å². The average Bonchev–Trinajstić information content (AvgIpc) is 3.01. The number of hydrogen-bond acceptors (Lipinski definition) is 1. The van der Waals surface area contributed by atoms with Gasteiger partial charge in [0, 0.05) is 17.2 Å². The molecule has 1 heteroatoms. The van der Waals surface area contributed by atoms with Crippen LogP contribution in [0.1, 0.15) is 25.0 Å². The van der Waals surface area contributed by atoms with Crippen LogP contribution in [0.4, 0.5) is 0 Å². The van der Waals surface area contributed by atoms with Gasteiger partial charge < -0.3 is 0 Å². The molecule has 0 saturated heterocycles. The molecular formula is C28H21N. The highest BCUT2D eigenvalue weighted by Gasteiger charge is 2.39. The first-order valence-corrected chi connectivity index (χ1v) is 10.2. The van der Waals surface area contributed by atoms with Gasteiger partial charge >= 0.3 is 0 Å². The largest absolute Gasteiger partial charge is 0.256 e. The Morgan fingerprint density at radius 1 is 0.690 bits per heavy atom. The van der Waals surface area contributed by atoms with Crippen molar-refractivity contribution in [3.8, 4) is 22.4 Å². The average molecular weight is 371 g/mol. The Kier molecular flexibility index (Phi) is 3.29. The predicted octanol–water partition coefficient (Wildman–Crippen LogP) is 7.36. The maximum absolute atomic E-state index is 4.89. The van der Waals surface area contributed by atoms with Crippen LogP contribution in [0.2, 0.25) is 0 Å². The van der Waals surface area contributed by atoms with Crippen LogP contribution < -0.4 is 0 Å². The topological polar surface area (TPSA) is 12.9 Å². The molecule has 0 unspecified atom stereocenters. The Balaban J connectivity index is 1.68. The molecule has 1 aliphatic carbocycles. The van der Waals surface area contributed by atoms with Gasteiger partial charge in [0.25, 0.3) is 0 Å². The van der Waals surface area contributed by atoms with Crippen molar-refractivity contribution in [3.63, 3.8) is 0 Å². The fourth-order valence-electron chi connectivity index (χ4n) is 5.08. The Labute approximate surface area is 170 Å². The zero-order chi connectivity index (χ0) is 19.6. The number of nitrogens with zero attached hydrogens (tertiary/aromatic N) is 1. The lowest BCUT2D eigenvalue weighted by Gasteiger charge is -2.24. The molecule has 1 nitrogen and oxygen atoms in total. The van der Waals surface area contributed by atoms with Crippen LogP contribution in [-0.2, 0) is 5.41 Å². The van der Waals surface area contributed by atoms with Gasteiger partial charge in [-0.1, -0.05) is 86.6 Å². The van der Waals surface area contributed by atoms with E-state index < -0.39 is 0 Å². The van der Waals surface area contributed by atoms with Gasteiger partial charge in [-0.3, -0.25) is 4.98 Å². The number of aromatic nitrogens is 1. The van der Waals surface area contributed by atoms with Crippen LogP contribution in [0.15, 0.2) is 91.1 Å². The van der Waals surface area contributed by atoms with Crippen molar-refractivity contribution in [3.05, 3.63) is 102 Å². The third kappa shape index (κ3) is 2.25. The third-order valence-electron chi connectivity index (χ3n) is 6.47. The molecule has 4 aromatic carbocycles. The predicted molar refractivity (Wildman–Crippen MR) is 122 cm³/mol. The summed E-state index contributed by atoms with van der Waals surface area (Å²) in [6, 6.07) is 30.7. The second kappa shape index (κ2) is 5.78. The minimum absolute atomic E-state index is 0.0933. The molecule has 0 amide bonds. The van der Waals surface area contributed by atoms with Gasteiger partial charge in [0.15, 0.2) is 0 Å². The molecule has 0 aliphatic heterocycles. The van der Waals surface area contributed by atoms with Crippen molar-refractivity contribution in [2.24, 2.45) is 0 Å². The lowest BCUT2D eigenvalue weighted by Crippen LogP contribution is -2.16. The zero-order valence-electron chi connectivity index (χ0n) is 16.6. The highest BCUT2D eigenvalue weighted by Crippen LogP contribution is 2.53. The van der Waals surface area contributed by atoms with E-state index in [9.17, 15) is 0 Å². The van der Waals surface area contributed by atoms with E-state index in [0.29, 0.717) is 0 Å². The van der Waals surface area contributed by atoms with E-state index in [1.54, 1.807) is 0 Å². The smallest absolute Gasteiger partial charge is 0.0749 e. The first-order valence-electron chi connectivity index (χ1n) is 10.2.